The minimum atomic E-state index is 0.110. The molecule has 0 bridgehead atoms. The topological polar surface area (TPSA) is 32.3 Å². The number of anilines is 1. The van der Waals surface area contributed by atoms with Gasteiger partial charge < -0.3 is 10.2 Å². The van der Waals surface area contributed by atoms with Crippen LogP contribution in [0.5, 0.6) is 0 Å². The molecule has 0 aliphatic carbocycles. The summed E-state index contributed by atoms with van der Waals surface area (Å²) in [6, 6.07) is 25.8. The van der Waals surface area contributed by atoms with Gasteiger partial charge in [0.15, 0.2) is 0 Å². The molecule has 3 rings (SSSR count). The molecule has 0 aliphatic rings. The number of nitrogens with zero attached hydrogens (tertiary/aromatic N) is 1. The summed E-state index contributed by atoms with van der Waals surface area (Å²) in [7, 11) is 1.84. The van der Waals surface area contributed by atoms with Crippen molar-refractivity contribution in [1.29, 1.82) is 0 Å². The normalized spacial score (nSPS) is 10.4. The molecular formula is C23H23ClN2O. The zero-order valence-corrected chi connectivity index (χ0v) is 16.1. The van der Waals surface area contributed by atoms with Gasteiger partial charge in [-0.3, -0.25) is 4.79 Å². The molecule has 0 aliphatic heterocycles. The molecular weight excluding hydrogens is 356 g/mol. The quantitative estimate of drug-likeness (QED) is 0.616. The highest BCUT2D eigenvalue weighted by Gasteiger charge is 2.10. The summed E-state index contributed by atoms with van der Waals surface area (Å²) in [4.78, 5) is 14.2. The Morgan fingerprint density at radius 3 is 2.30 bits per heavy atom. The molecule has 0 heterocycles. The number of amides is 1. The van der Waals surface area contributed by atoms with E-state index in [1.165, 1.54) is 0 Å². The number of benzene rings is 3. The van der Waals surface area contributed by atoms with Crippen molar-refractivity contribution in [3.63, 3.8) is 0 Å². The van der Waals surface area contributed by atoms with Gasteiger partial charge in [0, 0.05) is 30.8 Å². The first kappa shape index (κ1) is 19.0. The van der Waals surface area contributed by atoms with Gasteiger partial charge in [0.05, 0.1) is 6.42 Å². The minimum Gasteiger partial charge on any atom is -0.381 e. The van der Waals surface area contributed by atoms with Crippen LogP contribution in [0.2, 0.25) is 5.02 Å². The molecule has 0 fully saturated rings. The smallest absolute Gasteiger partial charge is 0.227 e. The summed E-state index contributed by atoms with van der Waals surface area (Å²) < 4.78 is 0. The summed E-state index contributed by atoms with van der Waals surface area (Å²) in [5.74, 6) is 0.110. The first-order chi connectivity index (χ1) is 13.1. The maximum Gasteiger partial charge on any atom is 0.227 e. The number of nitrogens with one attached hydrogen (secondary N) is 1. The Bertz CT molecular complexity index is 878. The van der Waals surface area contributed by atoms with E-state index in [4.69, 9.17) is 11.6 Å². The van der Waals surface area contributed by atoms with E-state index in [0.29, 0.717) is 19.5 Å². The van der Waals surface area contributed by atoms with Crippen LogP contribution in [0.15, 0.2) is 78.9 Å². The monoisotopic (exact) mass is 378 g/mol. The zero-order chi connectivity index (χ0) is 19.1. The molecule has 0 unspecified atom stereocenters. The van der Waals surface area contributed by atoms with Crippen LogP contribution in [0, 0.1) is 0 Å². The highest BCUT2D eigenvalue weighted by molar-refractivity contribution is 6.30. The molecule has 138 valence electrons. The van der Waals surface area contributed by atoms with E-state index in [1.54, 1.807) is 4.90 Å². The summed E-state index contributed by atoms with van der Waals surface area (Å²) in [6.07, 6.45) is 0.401. The van der Waals surface area contributed by atoms with Gasteiger partial charge >= 0.3 is 0 Å². The maximum atomic E-state index is 12.4. The van der Waals surface area contributed by atoms with Crippen LogP contribution in [0.25, 0.3) is 0 Å². The van der Waals surface area contributed by atoms with Crippen molar-refractivity contribution in [2.24, 2.45) is 0 Å². The second kappa shape index (κ2) is 9.24. The number of hydrogen-bond acceptors (Lipinski definition) is 2. The van der Waals surface area contributed by atoms with E-state index in [2.05, 4.69) is 5.32 Å². The molecule has 0 atom stereocenters. The third-order valence-electron chi connectivity index (χ3n) is 4.38. The number of carbonyl (C=O) groups is 1. The molecule has 3 aromatic carbocycles. The molecule has 3 aromatic rings. The molecule has 0 aromatic heterocycles. The van der Waals surface area contributed by atoms with Crippen molar-refractivity contribution >= 4 is 23.2 Å². The average molecular weight is 379 g/mol. The Kier molecular flexibility index (Phi) is 6.50. The van der Waals surface area contributed by atoms with E-state index in [9.17, 15) is 4.79 Å². The molecule has 0 saturated heterocycles. The fraction of sp³-hybridized carbons (Fsp3) is 0.174. The van der Waals surface area contributed by atoms with Crippen molar-refractivity contribution in [3.8, 4) is 0 Å². The zero-order valence-electron chi connectivity index (χ0n) is 15.4. The Morgan fingerprint density at radius 2 is 1.59 bits per heavy atom. The van der Waals surface area contributed by atoms with E-state index < -0.39 is 0 Å². The molecule has 3 nitrogen and oxygen atoms in total. The van der Waals surface area contributed by atoms with E-state index in [0.717, 1.165) is 27.4 Å². The standard InChI is InChI=1S/C23H23ClN2O/c1-26(17-19-6-3-2-4-7-19)23(27)15-18-10-12-22(13-11-18)25-16-20-8-5-9-21(24)14-20/h2-14,25H,15-17H2,1H3. The fourth-order valence-electron chi connectivity index (χ4n) is 2.85. The molecule has 1 N–H and O–H groups in total. The van der Waals surface area contributed by atoms with Crippen LogP contribution in [0.4, 0.5) is 5.69 Å². The van der Waals surface area contributed by atoms with Crippen molar-refractivity contribution in [2.45, 2.75) is 19.5 Å². The van der Waals surface area contributed by atoms with Crippen molar-refractivity contribution in [2.75, 3.05) is 12.4 Å². The summed E-state index contributed by atoms with van der Waals surface area (Å²) in [5.41, 5.74) is 4.29. The number of halogens is 1. The largest absolute Gasteiger partial charge is 0.381 e. The number of rotatable bonds is 7. The molecule has 4 heteroatoms. The van der Waals surface area contributed by atoms with Crippen LogP contribution in [0.1, 0.15) is 16.7 Å². The lowest BCUT2D eigenvalue weighted by Gasteiger charge is -2.17. The number of hydrogen-bond donors (Lipinski definition) is 1. The van der Waals surface area contributed by atoms with Gasteiger partial charge in [-0.1, -0.05) is 66.2 Å². The van der Waals surface area contributed by atoms with Gasteiger partial charge in [-0.05, 0) is 41.0 Å². The number of carbonyl (C=O) groups excluding carboxylic acids is 1. The third-order valence-corrected chi connectivity index (χ3v) is 4.62. The Balaban J connectivity index is 1.51. The molecule has 0 spiro atoms. The maximum absolute atomic E-state index is 12.4. The van der Waals surface area contributed by atoms with Crippen LogP contribution in [-0.2, 0) is 24.3 Å². The van der Waals surface area contributed by atoms with Crippen LogP contribution in [0.3, 0.4) is 0 Å². The third kappa shape index (κ3) is 5.87. The molecule has 27 heavy (non-hydrogen) atoms. The van der Waals surface area contributed by atoms with E-state index >= 15 is 0 Å². The number of likely N-dealkylation sites (N-methyl/N-ethyl adjacent to an activating group) is 1. The first-order valence-electron chi connectivity index (χ1n) is 8.95. The van der Waals surface area contributed by atoms with Crippen molar-refractivity contribution in [1.82, 2.24) is 4.90 Å². The second-order valence-corrected chi connectivity index (χ2v) is 7.03. The Labute approximate surface area is 165 Å². The van der Waals surface area contributed by atoms with Crippen LogP contribution < -0.4 is 5.32 Å². The SMILES string of the molecule is CN(Cc1ccccc1)C(=O)Cc1ccc(NCc2cccc(Cl)c2)cc1. The highest BCUT2D eigenvalue weighted by Crippen LogP contribution is 2.15. The average Bonchev–Trinajstić information content (AvgIpc) is 2.68. The lowest BCUT2D eigenvalue weighted by molar-refractivity contribution is -0.129. The van der Waals surface area contributed by atoms with Gasteiger partial charge in [0.1, 0.15) is 0 Å². The minimum absolute atomic E-state index is 0.110. The highest BCUT2D eigenvalue weighted by atomic mass is 35.5. The molecule has 0 saturated carbocycles. The predicted octanol–water partition coefficient (Wildman–Crippen LogP) is 5.15. The van der Waals surface area contributed by atoms with Gasteiger partial charge in [0.25, 0.3) is 0 Å². The van der Waals surface area contributed by atoms with E-state index in [-0.39, 0.29) is 5.91 Å². The summed E-state index contributed by atoms with van der Waals surface area (Å²) >= 11 is 6.01. The van der Waals surface area contributed by atoms with Gasteiger partial charge in [0.2, 0.25) is 5.91 Å². The van der Waals surface area contributed by atoms with Crippen LogP contribution in [-0.4, -0.2) is 17.9 Å². The fourth-order valence-corrected chi connectivity index (χ4v) is 3.06. The molecule has 0 radical (unpaired) electrons. The van der Waals surface area contributed by atoms with Gasteiger partial charge in [-0.15, -0.1) is 0 Å². The first-order valence-corrected chi connectivity index (χ1v) is 9.33. The van der Waals surface area contributed by atoms with E-state index in [1.807, 2.05) is 85.9 Å². The lowest BCUT2D eigenvalue weighted by atomic mass is 10.1. The van der Waals surface area contributed by atoms with Crippen molar-refractivity contribution < 1.29 is 4.79 Å². The Morgan fingerprint density at radius 1 is 0.889 bits per heavy atom. The molecule has 1 amide bonds. The van der Waals surface area contributed by atoms with Crippen LogP contribution >= 0.6 is 11.6 Å². The second-order valence-electron chi connectivity index (χ2n) is 6.59. The van der Waals surface area contributed by atoms with Crippen molar-refractivity contribution in [3.05, 3.63) is 101 Å². The summed E-state index contributed by atoms with van der Waals surface area (Å²) in [6.45, 7) is 1.33. The summed E-state index contributed by atoms with van der Waals surface area (Å²) in [5, 5.41) is 4.11. The lowest BCUT2D eigenvalue weighted by Crippen LogP contribution is -2.27. The predicted molar refractivity (Wildman–Crippen MR) is 112 cm³/mol. The van der Waals surface area contributed by atoms with Gasteiger partial charge in [-0.25, -0.2) is 0 Å². The van der Waals surface area contributed by atoms with Gasteiger partial charge in [-0.2, -0.15) is 0 Å². The Hall–Kier alpha value is -2.78.